The summed E-state index contributed by atoms with van der Waals surface area (Å²) in [6, 6.07) is 6.20. The molecule has 84 valence electrons. The lowest BCUT2D eigenvalue weighted by Crippen LogP contribution is -2.30. The van der Waals surface area contributed by atoms with Gasteiger partial charge in [0.25, 0.3) is 0 Å². The van der Waals surface area contributed by atoms with E-state index >= 15 is 0 Å². The lowest BCUT2D eigenvalue weighted by molar-refractivity contribution is 0.0994. The number of hydrogen-bond donors (Lipinski definition) is 0. The highest BCUT2D eigenvalue weighted by Gasteiger charge is 2.24. The summed E-state index contributed by atoms with van der Waals surface area (Å²) in [5.41, 5.74) is 3.60. The van der Waals surface area contributed by atoms with Crippen LogP contribution in [0.25, 0.3) is 0 Å². The van der Waals surface area contributed by atoms with Crippen LogP contribution in [0.3, 0.4) is 0 Å². The fourth-order valence-electron chi connectivity index (χ4n) is 2.90. The summed E-state index contributed by atoms with van der Waals surface area (Å²) in [7, 11) is 0. The van der Waals surface area contributed by atoms with Gasteiger partial charge in [0, 0.05) is 30.8 Å². The van der Waals surface area contributed by atoms with Crippen molar-refractivity contribution in [2.75, 3.05) is 18.0 Å². The van der Waals surface area contributed by atoms with Crippen LogP contribution < -0.4 is 4.90 Å². The Bertz CT molecular complexity index is 419. The van der Waals surface area contributed by atoms with Crippen molar-refractivity contribution in [2.24, 2.45) is 0 Å². The zero-order valence-corrected chi connectivity index (χ0v) is 9.54. The Balaban J connectivity index is 1.98. The monoisotopic (exact) mass is 215 g/mol. The summed E-state index contributed by atoms with van der Waals surface area (Å²) >= 11 is 0. The summed E-state index contributed by atoms with van der Waals surface area (Å²) in [5, 5.41) is 0. The first-order chi connectivity index (χ1) is 7.86. The molecule has 1 fully saturated rings. The van der Waals surface area contributed by atoms with Crippen molar-refractivity contribution in [1.29, 1.82) is 0 Å². The third kappa shape index (κ3) is 1.53. The Hall–Kier alpha value is -1.31. The van der Waals surface area contributed by atoms with Gasteiger partial charge in [0.15, 0.2) is 5.78 Å². The maximum atomic E-state index is 11.7. The Morgan fingerprint density at radius 1 is 1.00 bits per heavy atom. The minimum Gasteiger partial charge on any atom is -0.371 e. The van der Waals surface area contributed by atoms with Crippen molar-refractivity contribution in [1.82, 2.24) is 0 Å². The summed E-state index contributed by atoms with van der Waals surface area (Å²) in [4.78, 5) is 14.1. The maximum Gasteiger partial charge on any atom is 0.163 e. The molecule has 1 heterocycles. The van der Waals surface area contributed by atoms with E-state index in [2.05, 4.69) is 11.0 Å². The molecule has 2 nitrogen and oxygen atoms in total. The second-order valence-electron chi connectivity index (χ2n) is 4.77. The van der Waals surface area contributed by atoms with E-state index in [1.807, 2.05) is 12.1 Å². The molecular weight excluding hydrogens is 198 g/mol. The molecule has 0 bridgehead atoms. The third-order valence-corrected chi connectivity index (χ3v) is 3.75. The van der Waals surface area contributed by atoms with E-state index in [4.69, 9.17) is 0 Å². The smallest absolute Gasteiger partial charge is 0.163 e. The van der Waals surface area contributed by atoms with Crippen molar-refractivity contribution in [3.63, 3.8) is 0 Å². The molecule has 0 spiro atoms. The van der Waals surface area contributed by atoms with Gasteiger partial charge in [0.05, 0.1) is 0 Å². The molecule has 0 unspecified atom stereocenters. The zero-order valence-electron chi connectivity index (χ0n) is 9.54. The number of anilines is 1. The quantitative estimate of drug-likeness (QED) is 0.718. The highest BCUT2D eigenvalue weighted by atomic mass is 16.1. The molecule has 1 aliphatic carbocycles. The van der Waals surface area contributed by atoms with E-state index in [1.54, 1.807) is 0 Å². The van der Waals surface area contributed by atoms with Crippen molar-refractivity contribution >= 4 is 11.5 Å². The van der Waals surface area contributed by atoms with Crippen LogP contribution >= 0.6 is 0 Å². The lowest BCUT2D eigenvalue weighted by Gasteiger charge is -2.30. The van der Waals surface area contributed by atoms with Gasteiger partial charge in [-0.2, -0.15) is 0 Å². The predicted molar refractivity (Wildman–Crippen MR) is 65.2 cm³/mol. The van der Waals surface area contributed by atoms with Crippen LogP contribution in [-0.2, 0) is 6.42 Å². The highest BCUT2D eigenvalue weighted by Crippen LogP contribution is 2.32. The van der Waals surface area contributed by atoms with Gasteiger partial charge in [-0.1, -0.05) is 12.1 Å². The highest BCUT2D eigenvalue weighted by molar-refractivity contribution is 6.02. The number of carbonyl (C=O) groups is 1. The minimum atomic E-state index is 0.328. The fourth-order valence-corrected chi connectivity index (χ4v) is 2.90. The van der Waals surface area contributed by atoms with E-state index in [1.165, 1.54) is 30.5 Å². The summed E-state index contributed by atoms with van der Waals surface area (Å²) in [5.74, 6) is 0.328. The number of fused-ring (bicyclic) bond motifs is 1. The Morgan fingerprint density at radius 3 is 2.62 bits per heavy atom. The normalized spacial score (nSPS) is 20.0. The van der Waals surface area contributed by atoms with Crippen LogP contribution in [-0.4, -0.2) is 18.9 Å². The average Bonchev–Trinajstić information content (AvgIpc) is 2.73. The Labute approximate surface area is 96.3 Å². The van der Waals surface area contributed by atoms with Crippen LogP contribution in [0, 0.1) is 0 Å². The van der Waals surface area contributed by atoms with Crippen LogP contribution in [0.5, 0.6) is 0 Å². The van der Waals surface area contributed by atoms with E-state index in [0.29, 0.717) is 12.2 Å². The van der Waals surface area contributed by atoms with Crippen molar-refractivity contribution in [3.05, 3.63) is 29.3 Å². The fraction of sp³-hybridized carbons (Fsp3) is 0.500. The molecule has 0 N–H and O–H groups in total. The Morgan fingerprint density at radius 2 is 1.81 bits per heavy atom. The molecule has 1 saturated heterocycles. The number of rotatable bonds is 1. The minimum absolute atomic E-state index is 0.328. The molecule has 0 aromatic heterocycles. The Kier molecular flexibility index (Phi) is 2.43. The molecular formula is C14H17NO. The second kappa shape index (κ2) is 3.93. The molecule has 0 saturated carbocycles. The number of ketones is 1. The molecule has 3 rings (SSSR count). The first kappa shape index (κ1) is 9.88. The van der Waals surface area contributed by atoms with E-state index in [9.17, 15) is 4.79 Å². The molecule has 2 aliphatic rings. The standard InChI is InChI=1S/C14H17NO/c16-14-8-7-11-12(14)5-4-6-13(11)15-9-2-1-3-10-15/h4-6H,1-3,7-10H2. The topological polar surface area (TPSA) is 20.3 Å². The largest absolute Gasteiger partial charge is 0.371 e. The van der Waals surface area contributed by atoms with Gasteiger partial charge >= 0.3 is 0 Å². The third-order valence-electron chi connectivity index (χ3n) is 3.75. The van der Waals surface area contributed by atoms with Gasteiger partial charge in [-0.05, 0) is 37.3 Å². The van der Waals surface area contributed by atoms with Gasteiger partial charge < -0.3 is 4.90 Å². The van der Waals surface area contributed by atoms with Crippen LogP contribution in [0.2, 0.25) is 0 Å². The number of Topliss-reactive ketones (excluding diaryl/α,β-unsaturated/α-hetero) is 1. The molecule has 1 aliphatic heterocycles. The van der Waals surface area contributed by atoms with Crippen molar-refractivity contribution in [3.8, 4) is 0 Å². The van der Waals surface area contributed by atoms with Crippen molar-refractivity contribution in [2.45, 2.75) is 32.1 Å². The molecule has 1 aromatic carbocycles. The first-order valence-electron chi connectivity index (χ1n) is 6.26. The summed E-state index contributed by atoms with van der Waals surface area (Å²) in [6.07, 6.45) is 5.58. The summed E-state index contributed by atoms with van der Waals surface area (Å²) in [6.45, 7) is 2.31. The molecule has 0 radical (unpaired) electrons. The average molecular weight is 215 g/mol. The van der Waals surface area contributed by atoms with Gasteiger partial charge in [-0.25, -0.2) is 0 Å². The van der Waals surface area contributed by atoms with Crippen LogP contribution in [0.4, 0.5) is 5.69 Å². The summed E-state index contributed by atoms with van der Waals surface area (Å²) < 4.78 is 0. The first-order valence-corrected chi connectivity index (χ1v) is 6.26. The number of nitrogens with zero attached hydrogens (tertiary/aromatic N) is 1. The van der Waals surface area contributed by atoms with E-state index < -0.39 is 0 Å². The van der Waals surface area contributed by atoms with Gasteiger partial charge in [0.2, 0.25) is 0 Å². The molecule has 16 heavy (non-hydrogen) atoms. The number of benzene rings is 1. The van der Waals surface area contributed by atoms with Gasteiger partial charge in [0.1, 0.15) is 0 Å². The maximum absolute atomic E-state index is 11.7. The SMILES string of the molecule is O=C1CCc2c1cccc2N1CCCCC1. The van der Waals surface area contributed by atoms with Crippen LogP contribution in [0.15, 0.2) is 18.2 Å². The zero-order chi connectivity index (χ0) is 11.0. The lowest BCUT2D eigenvalue weighted by atomic mass is 10.0. The van der Waals surface area contributed by atoms with E-state index in [0.717, 1.165) is 25.1 Å². The molecule has 0 atom stereocenters. The van der Waals surface area contributed by atoms with Gasteiger partial charge in [-0.3, -0.25) is 4.79 Å². The van der Waals surface area contributed by atoms with Gasteiger partial charge in [-0.15, -0.1) is 0 Å². The second-order valence-corrected chi connectivity index (χ2v) is 4.77. The molecule has 2 heteroatoms. The van der Waals surface area contributed by atoms with Crippen molar-refractivity contribution < 1.29 is 4.79 Å². The number of carbonyl (C=O) groups excluding carboxylic acids is 1. The molecule has 0 amide bonds. The number of piperidine rings is 1. The van der Waals surface area contributed by atoms with Crippen LogP contribution in [0.1, 0.15) is 41.6 Å². The molecule has 1 aromatic rings. The predicted octanol–water partition coefficient (Wildman–Crippen LogP) is 2.81. The number of hydrogen-bond acceptors (Lipinski definition) is 2. The van der Waals surface area contributed by atoms with E-state index in [-0.39, 0.29) is 0 Å².